The van der Waals surface area contributed by atoms with Crippen LogP contribution in [0.3, 0.4) is 0 Å². The average Bonchev–Trinajstić information content (AvgIpc) is 2.29. The molecule has 0 aromatic rings. The van der Waals surface area contributed by atoms with E-state index in [0.717, 1.165) is 5.01 Å². The molecule has 2 amide bonds. The summed E-state index contributed by atoms with van der Waals surface area (Å²) in [6.07, 6.45) is 2.43. The van der Waals surface area contributed by atoms with Gasteiger partial charge in [-0.1, -0.05) is 0 Å². The van der Waals surface area contributed by atoms with Gasteiger partial charge in [0.2, 0.25) is 0 Å². The molecule has 0 saturated carbocycles. The molecule has 0 fully saturated rings. The van der Waals surface area contributed by atoms with E-state index < -0.39 is 0 Å². The first kappa shape index (κ1) is 7.90. The zero-order chi connectivity index (χ0) is 8.27. The highest BCUT2D eigenvalue weighted by Gasteiger charge is 2.22. The quantitative estimate of drug-likeness (QED) is 0.480. The number of carbonyl (C=O) groups excluding carboxylic acids is 2. The van der Waals surface area contributed by atoms with Crippen molar-refractivity contribution in [2.45, 2.75) is 0 Å². The molecule has 0 unspecified atom stereocenters. The molecular weight excluding hydrogens is 146 g/mol. The number of hydrogen-bond acceptors (Lipinski definition) is 4. The number of amides is 2. The summed E-state index contributed by atoms with van der Waals surface area (Å²) in [6, 6.07) is 0. The molecule has 1 aliphatic heterocycles. The summed E-state index contributed by atoms with van der Waals surface area (Å²) in [5.74, 6) is -0.688. The van der Waals surface area contributed by atoms with Gasteiger partial charge in [0.25, 0.3) is 11.8 Å². The van der Waals surface area contributed by atoms with Gasteiger partial charge >= 0.3 is 0 Å². The molecule has 0 spiro atoms. The highest BCUT2D eigenvalue weighted by atomic mass is 16.2. The van der Waals surface area contributed by atoms with Crippen molar-refractivity contribution in [3.05, 3.63) is 12.2 Å². The normalized spacial score (nSPS) is 16.6. The molecule has 1 heterocycles. The first-order valence-corrected chi connectivity index (χ1v) is 3.25. The van der Waals surface area contributed by atoms with Crippen LogP contribution >= 0.6 is 0 Å². The molecule has 11 heavy (non-hydrogen) atoms. The molecule has 1 rings (SSSR count). The van der Waals surface area contributed by atoms with Crippen molar-refractivity contribution in [3.63, 3.8) is 0 Å². The minimum absolute atomic E-state index is 0.344. The van der Waals surface area contributed by atoms with Gasteiger partial charge in [-0.2, -0.15) is 0 Å². The summed E-state index contributed by atoms with van der Waals surface area (Å²) in [7, 11) is 0. The summed E-state index contributed by atoms with van der Waals surface area (Å²) >= 11 is 0. The summed E-state index contributed by atoms with van der Waals surface area (Å²) in [4.78, 5) is 21.6. The highest BCUT2D eigenvalue weighted by molar-refractivity contribution is 6.12. The van der Waals surface area contributed by atoms with Gasteiger partial charge in [0.05, 0.1) is 0 Å². The van der Waals surface area contributed by atoms with E-state index in [4.69, 9.17) is 5.73 Å². The number of nitrogens with two attached hydrogens (primary N) is 1. The summed E-state index contributed by atoms with van der Waals surface area (Å²) in [5, 5.41) is 0.937. The maximum Gasteiger partial charge on any atom is 0.268 e. The van der Waals surface area contributed by atoms with E-state index in [1.54, 1.807) is 0 Å². The lowest BCUT2D eigenvalue weighted by Crippen LogP contribution is -2.44. The van der Waals surface area contributed by atoms with Gasteiger partial charge in [-0.25, -0.2) is 10.4 Å². The molecule has 0 aliphatic carbocycles. The number of nitrogens with one attached hydrogen (secondary N) is 1. The van der Waals surface area contributed by atoms with Crippen LogP contribution < -0.4 is 11.2 Å². The van der Waals surface area contributed by atoms with Crippen LogP contribution in [0.2, 0.25) is 0 Å². The number of hydrogen-bond donors (Lipinski definition) is 2. The maximum absolute atomic E-state index is 10.8. The van der Waals surface area contributed by atoms with E-state index >= 15 is 0 Å². The Morgan fingerprint density at radius 2 is 1.91 bits per heavy atom. The van der Waals surface area contributed by atoms with Crippen molar-refractivity contribution in [2.24, 2.45) is 5.73 Å². The molecule has 0 radical (unpaired) electrons. The Kier molecular flexibility index (Phi) is 2.35. The largest absolute Gasteiger partial charge is 0.329 e. The minimum Gasteiger partial charge on any atom is -0.329 e. The van der Waals surface area contributed by atoms with E-state index in [2.05, 4.69) is 5.43 Å². The number of rotatable bonds is 3. The Balaban J connectivity index is 2.46. The van der Waals surface area contributed by atoms with E-state index in [1.165, 1.54) is 12.2 Å². The van der Waals surface area contributed by atoms with Crippen LogP contribution in [0.5, 0.6) is 0 Å². The van der Waals surface area contributed by atoms with Crippen LogP contribution in [0.4, 0.5) is 0 Å². The minimum atomic E-state index is -0.344. The van der Waals surface area contributed by atoms with Gasteiger partial charge < -0.3 is 5.73 Å². The first-order valence-electron chi connectivity index (χ1n) is 3.25. The van der Waals surface area contributed by atoms with Crippen LogP contribution in [0.25, 0.3) is 0 Å². The van der Waals surface area contributed by atoms with Gasteiger partial charge in [0, 0.05) is 25.2 Å². The summed E-state index contributed by atoms with van der Waals surface area (Å²) < 4.78 is 0. The van der Waals surface area contributed by atoms with Crippen molar-refractivity contribution in [1.29, 1.82) is 0 Å². The fraction of sp³-hybridized carbons (Fsp3) is 0.333. The molecule has 5 nitrogen and oxygen atoms in total. The molecule has 1 aliphatic rings. The van der Waals surface area contributed by atoms with Crippen molar-refractivity contribution >= 4 is 11.8 Å². The SMILES string of the molecule is NCCNN1C(=O)C=CC1=O. The number of carbonyl (C=O) groups is 2. The van der Waals surface area contributed by atoms with Gasteiger partial charge in [-0.15, -0.1) is 0 Å². The van der Waals surface area contributed by atoms with E-state index in [-0.39, 0.29) is 11.8 Å². The van der Waals surface area contributed by atoms with Crippen molar-refractivity contribution in [2.75, 3.05) is 13.1 Å². The van der Waals surface area contributed by atoms with Gasteiger partial charge in [0.1, 0.15) is 0 Å². The second kappa shape index (κ2) is 3.27. The molecule has 0 saturated heterocycles. The monoisotopic (exact) mass is 155 g/mol. The number of hydrazine groups is 1. The third-order valence-electron chi connectivity index (χ3n) is 1.22. The molecule has 60 valence electrons. The predicted molar refractivity (Wildman–Crippen MR) is 38.1 cm³/mol. The third kappa shape index (κ3) is 1.63. The molecule has 0 bridgehead atoms. The zero-order valence-corrected chi connectivity index (χ0v) is 5.91. The van der Waals surface area contributed by atoms with E-state index in [0.29, 0.717) is 13.1 Å². The van der Waals surface area contributed by atoms with Crippen molar-refractivity contribution < 1.29 is 9.59 Å². The Hall–Kier alpha value is -1.20. The fourth-order valence-corrected chi connectivity index (χ4v) is 0.732. The third-order valence-corrected chi connectivity index (χ3v) is 1.22. The lowest BCUT2D eigenvalue weighted by Gasteiger charge is -2.13. The van der Waals surface area contributed by atoms with Crippen molar-refractivity contribution in [3.8, 4) is 0 Å². The van der Waals surface area contributed by atoms with Gasteiger partial charge in [-0.3, -0.25) is 9.59 Å². The molecule has 0 aromatic heterocycles. The fourth-order valence-electron chi connectivity index (χ4n) is 0.732. The topological polar surface area (TPSA) is 75.4 Å². The van der Waals surface area contributed by atoms with Crippen molar-refractivity contribution in [1.82, 2.24) is 10.4 Å². The predicted octanol–water partition coefficient (Wildman–Crippen LogP) is -1.63. The molecule has 0 atom stereocenters. The van der Waals surface area contributed by atoms with Crippen LogP contribution in [-0.4, -0.2) is 29.9 Å². The van der Waals surface area contributed by atoms with Gasteiger partial charge in [0.15, 0.2) is 0 Å². The van der Waals surface area contributed by atoms with Crippen LogP contribution in [0.1, 0.15) is 0 Å². The summed E-state index contributed by atoms with van der Waals surface area (Å²) in [5.41, 5.74) is 7.74. The zero-order valence-electron chi connectivity index (χ0n) is 5.91. The second-order valence-corrected chi connectivity index (χ2v) is 2.04. The smallest absolute Gasteiger partial charge is 0.268 e. The van der Waals surface area contributed by atoms with E-state index in [9.17, 15) is 9.59 Å². The molecular formula is C6H9N3O2. The Morgan fingerprint density at radius 1 is 1.36 bits per heavy atom. The maximum atomic E-state index is 10.8. The molecule has 0 aromatic carbocycles. The second-order valence-electron chi connectivity index (χ2n) is 2.04. The summed E-state index contributed by atoms with van der Waals surface area (Å²) in [6.45, 7) is 0.802. The van der Waals surface area contributed by atoms with Crippen LogP contribution in [-0.2, 0) is 9.59 Å². The van der Waals surface area contributed by atoms with Crippen LogP contribution in [0.15, 0.2) is 12.2 Å². The number of imide groups is 1. The highest BCUT2D eigenvalue weighted by Crippen LogP contribution is 1.97. The Bertz CT molecular complexity index is 194. The lowest BCUT2D eigenvalue weighted by molar-refractivity contribution is -0.140. The standard InChI is InChI=1S/C6H9N3O2/c7-3-4-8-9-5(10)1-2-6(9)11/h1-2,8H,3-4,7H2. The molecule has 3 N–H and O–H groups in total. The lowest BCUT2D eigenvalue weighted by atomic mass is 10.6. The van der Waals surface area contributed by atoms with Gasteiger partial charge in [-0.05, 0) is 0 Å². The van der Waals surface area contributed by atoms with Crippen LogP contribution in [0, 0.1) is 0 Å². The molecule has 5 heteroatoms. The Labute approximate surface area is 63.8 Å². The van der Waals surface area contributed by atoms with E-state index in [1.807, 2.05) is 0 Å². The number of nitrogens with zero attached hydrogens (tertiary/aromatic N) is 1. The Morgan fingerprint density at radius 3 is 2.36 bits per heavy atom. The average molecular weight is 155 g/mol. The first-order chi connectivity index (χ1) is 5.25.